The number of hydrogen-bond donors (Lipinski definition) is 2. The second-order valence-corrected chi connectivity index (χ2v) is 5.41. The molecule has 2 heterocycles. The molecule has 2 aromatic rings. The fraction of sp³-hybridized carbons (Fsp3) is 0.500. The second-order valence-electron chi connectivity index (χ2n) is 4.35. The van der Waals surface area contributed by atoms with E-state index in [9.17, 15) is 0 Å². The van der Waals surface area contributed by atoms with Crippen molar-refractivity contribution in [3.05, 3.63) is 17.6 Å². The van der Waals surface area contributed by atoms with Crippen LogP contribution >= 0.6 is 11.8 Å². The number of nitrogen functional groups attached to an aromatic ring is 1. The zero-order valence-corrected chi connectivity index (χ0v) is 12.7. The van der Waals surface area contributed by atoms with Gasteiger partial charge in [-0.3, -0.25) is 0 Å². The molecule has 7 nitrogen and oxygen atoms in total. The van der Waals surface area contributed by atoms with Gasteiger partial charge in [0.25, 0.3) is 0 Å². The zero-order chi connectivity index (χ0) is 14.5. The predicted octanol–water partition coefficient (Wildman–Crippen LogP) is 1.26. The summed E-state index contributed by atoms with van der Waals surface area (Å²) >= 11 is 1.65. The Morgan fingerprint density at radius 1 is 1.40 bits per heavy atom. The molecule has 0 aliphatic heterocycles. The maximum atomic E-state index is 5.70. The van der Waals surface area contributed by atoms with Crippen LogP contribution in [0.15, 0.2) is 11.5 Å². The molecular weight excluding hydrogens is 274 g/mol. The van der Waals surface area contributed by atoms with Crippen molar-refractivity contribution in [1.82, 2.24) is 24.7 Å². The number of hydrogen-bond acceptors (Lipinski definition) is 7. The average Bonchev–Trinajstić information content (AvgIpc) is 2.80. The van der Waals surface area contributed by atoms with Crippen LogP contribution in [0.4, 0.5) is 11.8 Å². The Kier molecular flexibility index (Phi) is 4.78. The third-order valence-electron chi connectivity index (χ3n) is 2.88. The number of nitrogens with one attached hydrogen (secondary N) is 1. The van der Waals surface area contributed by atoms with E-state index in [1.807, 2.05) is 18.5 Å². The quantitative estimate of drug-likeness (QED) is 0.611. The van der Waals surface area contributed by atoms with Gasteiger partial charge in [0.1, 0.15) is 12.1 Å². The van der Waals surface area contributed by atoms with Crippen LogP contribution in [-0.4, -0.2) is 37.0 Å². The zero-order valence-electron chi connectivity index (χ0n) is 11.9. The molecule has 2 aromatic heterocycles. The molecule has 3 N–H and O–H groups in total. The Bertz CT molecular complexity index is 581. The molecule has 8 heteroatoms. The highest BCUT2D eigenvalue weighted by atomic mass is 32.2. The predicted molar refractivity (Wildman–Crippen MR) is 80.8 cm³/mol. The lowest BCUT2D eigenvalue weighted by atomic mass is 10.1. The summed E-state index contributed by atoms with van der Waals surface area (Å²) in [6.07, 6.45) is 2.57. The molecule has 0 radical (unpaired) electrons. The van der Waals surface area contributed by atoms with Crippen LogP contribution in [0.5, 0.6) is 0 Å². The molecule has 108 valence electrons. The minimum absolute atomic E-state index is 0.308. The smallest absolute Gasteiger partial charge is 0.222 e. The summed E-state index contributed by atoms with van der Waals surface area (Å²) in [5.41, 5.74) is 7.74. The second kappa shape index (κ2) is 6.56. The van der Waals surface area contributed by atoms with Crippen molar-refractivity contribution in [2.24, 2.45) is 7.05 Å². The molecule has 0 saturated carbocycles. The summed E-state index contributed by atoms with van der Waals surface area (Å²) in [6.45, 7) is 4.82. The maximum Gasteiger partial charge on any atom is 0.222 e. The van der Waals surface area contributed by atoms with E-state index in [2.05, 4.69) is 32.4 Å². The number of rotatable bonds is 6. The first-order valence-electron chi connectivity index (χ1n) is 6.45. The van der Waals surface area contributed by atoms with Crippen LogP contribution in [0, 0.1) is 6.92 Å². The fourth-order valence-corrected chi connectivity index (χ4v) is 2.64. The normalized spacial score (nSPS) is 10.8. The van der Waals surface area contributed by atoms with Crippen LogP contribution in [0.25, 0.3) is 0 Å². The standard InChI is InChI=1S/C12H19N7S/c1-4-9-8(2)16-11(13)17-10(9)14-5-6-20-12-18-15-7-19(12)3/h7H,4-6H2,1-3H3,(H3,13,14,16,17). The maximum absolute atomic E-state index is 5.70. The third kappa shape index (κ3) is 3.38. The monoisotopic (exact) mass is 293 g/mol. The molecule has 0 saturated heterocycles. The number of anilines is 2. The summed E-state index contributed by atoms with van der Waals surface area (Å²) in [7, 11) is 1.93. The Morgan fingerprint density at radius 3 is 2.85 bits per heavy atom. The average molecular weight is 293 g/mol. The van der Waals surface area contributed by atoms with E-state index < -0.39 is 0 Å². The van der Waals surface area contributed by atoms with Gasteiger partial charge in [-0.05, 0) is 13.3 Å². The van der Waals surface area contributed by atoms with Crippen molar-refractivity contribution in [2.45, 2.75) is 25.4 Å². The largest absolute Gasteiger partial charge is 0.369 e. The first-order chi connectivity index (χ1) is 9.61. The van der Waals surface area contributed by atoms with Gasteiger partial charge in [0.15, 0.2) is 5.16 Å². The fourth-order valence-electron chi connectivity index (χ4n) is 1.90. The molecule has 0 amide bonds. The summed E-state index contributed by atoms with van der Waals surface area (Å²) < 4.78 is 1.90. The van der Waals surface area contributed by atoms with Gasteiger partial charge in [0.05, 0.1) is 0 Å². The molecule has 20 heavy (non-hydrogen) atoms. The number of aromatic nitrogens is 5. The highest BCUT2D eigenvalue weighted by Gasteiger charge is 2.08. The third-order valence-corrected chi connectivity index (χ3v) is 3.92. The molecule has 0 unspecified atom stereocenters. The highest BCUT2D eigenvalue weighted by Crippen LogP contribution is 2.18. The number of nitrogens with zero attached hydrogens (tertiary/aromatic N) is 5. The Hall–Kier alpha value is -1.83. The summed E-state index contributed by atoms with van der Waals surface area (Å²) in [5.74, 6) is 2.01. The lowest BCUT2D eigenvalue weighted by Gasteiger charge is -2.12. The Morgan fingerprint density at radius 2 is 2.20 bits per heavy atom. The topological polar surface area (TPSA) is 94.5 Å². The van der Waals surface area contributed by atoms with Crippen molar-refractivity contribution < 1.29 is 0 Å². The Labute approximate surface area is 122 Å². The van der Waals surface area contributed by atoms with E-state index in [-0.39, 0.29) is 0 Å². The van der Waals surface area contributed by atoms with Crippen molar-refractivity contribution in [1.29, 1.82) is 0 Å². The van der Waals surface area contributed by atoms with Gasteiger partial charge < -0.3 is 15.6 Å². The van der Waals surface area contributed by atoms with Crippen molar-refractivity contribution in [2.75, 3.05) is 23.3 Å². The summed E-state index contributed by atoms with van der Waals surface area (Å²) in [5, 5.41) is 12.1. The highest BCUT2D eigenvalue weighted by molar-refractivity contribution is 7.99. The van der Waals surface area contributed by atoms with E-state index in [1.54, 1.807) is 18.1 Å². The molecule has 0 bridgehead atoms. The van der Waals surface area contributed by atoms with Crippen LogP contribution in [0.3, 0.4) is 0 Å². The molecule has 2 rings (SSSR count). The van der Waals surface area contributed by atoms with Gasteiger partial charge in [-0.1, -0.05) is 18.7 Å². The summed E-state index contributed by atoms with van der Waals surface area (Å²) in [6, 6.07) is 0. The van der Waals surface area contributed by atoms with Crippen LogP contribution in [0.1, 0.15) is 18.2 Å². The van der Waals surface area contributed by atoms with Crippen molar-refractivity contribution in [3.63, 3.8) is 0 Å². The molecular formula is C12H19N7S. The van der Waals surface area contributed by atoms with Gasteiger partial charge in [-0.15, -0.1) is 10.2 Å². The van der Waals surface area contributed by atoms with Gasteiger partial charge >= 0.3 is 0 Å². The van der Waals surface area contributed by atoms with Gasteiger partial charge in [-0.25, -0.2) is 4.98 Å². The van der Waals surface area contributed by atoms with Gasteiger partial charge in [0, 0.05) is 30.6 Å². The molecule has 0 spiro atoms. The number of nitrogens with two attached hydrogens (primary N) is 1. The van der Waals surface area contributed by atoms with Gasteiger partial charge in [0.2, 0.25) is 5.95 Å². The van der Waals surface area contributed by atoms with E-state index in [0.29, 0.717) is 5.95 Å². The SMILES string of the molecule is CCc1c(C)nc(N)nc1NCCSc1nncn1C. The van der Waals surface area contributed by atoms with E-state index in [1.165, 1.54) is 0 Å². The van der Waals surface area contributed by atoms with Gasteiger partial charge in [-0.2, -0.15) is 4.98 Å². The summed E-state index contributed by atoms with van der Waals surface area (Å²) in [4.78, 5) is 8.46. The molecule has 0 fully saturated rings. The van der Waals surface area contributed by atoms with Crippen LogP contribution in [-0.2, 0) is 13.5 Å². The van der Waals surface area contributed by atoms with Crippen molar-refractivity contribution >= 4 is 23.5 Å². The van der Waals surface area contributed by atoms with Crippen LogP contribution in [0.2, 0.25) is 0 Å². The lowest BCUT2D eigenvalue weighted by molar-refractivity contribution is 0.788. The van der Waals surface area contributed by atoms with E-state index in [0.717, 1.165) is 41.0 Å². The first kappa shape index (κ1) is 14.6. The minimum Gasteiger partial charge on any atom is -0.369 e. The first-order valence-corrected chi connectivity index (χ1v) is 7.44. The van der Waals surface area contributed by atoms with E-state index >= 15 is 0 Å². The Balaban J connectivity index is 1.92. The number of aryl methyl sites for hydroxylation is 2. The molecule has 0 aliphatic rings. The lowest BCUT2D eigenvalue weighted by Crippen LogP contribution is -2.12. The molecule has 0 aromatic carbocycles. The molecule has 0 aliphatic carbocycles. The van der Waals surface area contributed by atoms with Crippen molar-refractivity contribution in [3.8, 4) is 0 Å². The molecule has 0 atom stereocenters. The van der Waals surface area contributed by atoms with E-state index in [4.69, 9.17) is 5.73 Å². The van der Waals surface area contributed by atoms with Crippen LogP contribution < -0.4 is 11.1 Å². The number of thioether (sulfide) groups is 1. The minimum atomic E-state index is 0.308.